The third-order valence-corrected chi connectivity index (χ3v) is 5.87. The average molecular weight is 405 g/mol. The van der Waals surface area contributed by atoms with Gasteiger partial charge in [0.25, 0.3) is 0 Å². The molecule has 0 saturated heterocycles. The summed E-state index contributed by atoms with van der Waals surface area (Å²) < 4.78 is 8.08. The molecule has 1 aliphatic rings. The van der Waals surface area contributed by atoms with Crippen molar-refractivity contribution in [1.29, 1.82) is 0 Å². The molecule has 0 fully saturated rings. The number of aliphatic hydroxyl groups is 1. The van der Waals surface area contributed by atoms with Crippen LogP contribution in [0.25, 0.3) is 11.0 Å². The predicted octanol–water partition coefficient (Wildman–Crippen LogP) is 5.60. The molecule has 30 heavy (non-hydrogen) atoms. The largest absolute Gasteiger partial charge is 0.491 e. The van der Waals surface area contributed by atoms with Crippen LogP contribution < -0.4 is 4.74 Å². The molecule has 0 unspecified atom stereocenters. The summed E-state index contributed by atoms with van der Waals surface area (Å²) in [5.74, 6) is 2.27. The van der Waals surface area contributed by atoms with Crippen molar-refractivity contribution < 1.29 is 9.84 Å². The van der Waals surface area contributed by atoms with Gasteiger partial charge in [0.15, 0.2) is 0 Å². The monoisotopic (exact) mass is 404 g/mol. The second-order valence-corrected chi connectivity index (χ2v) is 9.29. The molecule has 0 bridgehead atoms. The van der Waals surface area contributed by atoms with Crippen molar-refractivity contribution >= 4 is 11.0 Å². The summed E-state index contributed by atoms with van der Waals surface area (Å²) in [5.41, 5.74) is 3.46. The van der Waals surface area contributed by atoms with Crippen LogP contribution >= 0.6 is 0 Å². The van der Waals surface area contributed by atoms with Crippen LogP contribution in [0.15, 0.2) is 60.7 Å². The van der Waals surface area contributed by atoms with E-state index in [1.54, 1.807) is 0 Å². The van der Waals surface area contributed by atoms with Crippen LogP contribution in [-0.4, -0.2) is 27.4 Å². The maximum Gasteiger partial charge on any atom is 0.119 e. The van der Waals surface area contributed by atoms with Crippen LogP contribution in [0.3, 0.4) is 0 Å². The fraction of sp³-hybridized carbons (Fsp3) is 0.423. The topological polar surface area (TPSA) is 47.3 Å². The Hall–Kier alpha value is -2.59. The van der Waals surface area contributed by atoms with E-state index in [9.17, 15) is 5.11 Å². The van der Waals surface area contributed by atoms with Crippen molar-refractivity contribution in [3.8, 4) is 5.75 Å². The van der Waals surface area contributed by atoms with Crippen LogP contribution in [0.4, 0.5) is 0 Å². The number of aliphatic hydroxyl groups excluding tert-OH is 1. The molecule has 0 spiro atoms. The Labute approximate surface area is 179 Å². The number of rotatable bonds is 6. The molecule has 1 N–H and O–H groups in total. The number of imidazole rings is 1. The summed E-state index contributed by atoms with van der Waals surface area (Å²) >= 11 is 0. The van der Waals surface area contributed by atoms with Crippen molar-refractivity contribution in [2.45, 2.75) is 64.0 Å². The number of nitrogens with zero attached hydrogens (tertiary/aromatic N) is 2. The Morgan fingerprint density at radius 2 is 1.87 bits per heavy atom. The summed E-state index contributed by atoms with van der Waals surface area (Å²) in [7, 11) is 0. The Morgan fingerprint density at radius 1 is 1.10 bits per heavy atom. The number of ether oxygens (including phenoxy) is 1. The molecule has 4 nitrogen and oxygen atoms in total. The summed E-state index contributed by atoms with van der Waals surface area (Å²) in [6, 6.07) is 16.4. The first kappa shape index (κ1) is 20.7. The molecule has 1 aromatic heterocycles. The van der Waals surface area contributed by atoms with E-state index in [1.807, 2.05) is 30.3 Å². The van der Waals surface area contributed by atoms with Gasteiger partial charge in [-0.1, -0.05) is 57.2 Å². The highest BCUT2D eigenvalue weighted by atomic mass is 16.5. The number of fused-ring (bicyclic) bond motifs is 1. The lowest BCUT2D eigenvalue weighted by atomic mass is 9.87. The Kier molecular flexibility index (Phi) is 5.96. The molecular weight excluding hydrogens is 372 g/mol. The molecule has 0 amide bonds. The normalized spacial score (nSPS) is 17.9. The Balaban J connectivity index is 1.47. The van der Waals surface area contributed by atoms with E-state index in [2.05, 4.69) is 55.7 Å². The molecule has 0 saturated carbocycles. The van der Waals surface area contributed by atoms with Crippen molar-refractivity contribution in [2.75, 3.05) is 6.61 Å². The van der Waals surface area contributed by atoms with Crippen molar-refractivity contribution in [3.63, 3.8) is 0 Å². The van der Waals surface area contributed by atoms with Crippen LogP contribution in [0.5, 0.6) is 5.75 Å². The fourth-order valence-corrected chi connectivity index (χ4v) is 4.13. The maximum atomic E-state index is 10.8. The van der Waals surface area contributed by atoms with Gasteiger partial charge in [-0.15, -0.1) is 0 Å². The molecule has 1 heterocycles. The zero-order chi connectivity index (χ0) is 21.1. The van der Waals surface area contributed by atoms with Gasteiger partial charge in [-0.05, 0) is 54.5 Å². The molecule has 4 heteroatoms. The van der Waals surface area contributed by atoms with E-state index in [0.29, 0.717) is 12.5 Å². The van der Waals surface area contributed by atoms with E-state index < -0.39 is 6.10 Å². The zero-order valence-corrected chi connectivity index (χ0v) is 18.2. The number of allylic oxidation sites excluding steroid dienone is 2. The third kappa shape index (κ3) is 4.59. The lowest BCUT2D eigenvalue weighted by Crippen LogP contribution is -2.25. The maximum absolute atomic E-state index is 10.8. The highest BCUT2D eigenvalue weighted by molar-refractivity contribution is 5.76. The predicted molar refractivity (Wildman–Crippen MR) is 122 cm³/mol. The van der Waals surface area contributed by atoms with Crippen LogP contribution in [0, 0.1) is 0 Å². The van der Waals surface area contributed by atoms with E-state index >= 15 is 0 Å². The van der Waals surface area contributed by atoms with E-state index in [1.165, 1.54) is 5.56 Å². The van der Waals surface area contributed by atoms with Gasteiger partial charge in [0.2, 0.25) is 0 Å². The zero-order valence-electron chi connectivity index (χ0n) is 18.2. The second-order valence-electron chi connectivity index (χ2n) is 9.29. The summed E-state index contributed by atoms with van der Waals surface area (Å²) in [6.07, 6.45) is 7.09. The highest BCUT2D eigenvalue weighted by Gasteiger charge is 2.22. The lowest BCUT2D eigenvalue weighted by molar-refractivity contribution is 0.0923. The summed E-state index contributed by atoms with van der Waals surface area (Å²) in [5, 5.41) is 10.8. The second kappa shape index (κ2) is 8.65. The van der Waals surface area contributed by atoms with E-state index in [-0.39, 0.29) is 12.0 Å². The quantitative estimate of drug-likeness (QED) is 0.544. The first-order valence-corrected chi connectivity index (χ1v) is 10.9. The molecule has 3 aromatic rings. The molecule has 1 aliphatic carbocycles. The number of benzene rings is 2. The molecule has 4 rings (SSSR count). The molecule has 0 radical (unpaired) electrons. The van der Waals surface area contributed by atoms with Gasteiger partial charge in [-0.25, -0.2) is 4.98 Å². The SMILES string of the molecule is CC(C)(C)c1ccc(OC[C@@H](O)Cn2c([C@@H]3CC=CCC3)nc3ccccc32)cc1. The summed E-state index contributed by atoms with van der Waals surface area (Å²) in [4.78, 5) is 4.92. The minimum absolute atomic E-state index is 0.116. The smallest absolute Gasteiger partial charge is 0.119 e. The molecule has 2 aromatic carbocycles. The molecule has 2 atom stereocenters. The number of aromatic nitrogens is 2. The number of hydrogen-bond donors (Lipinski definition) is 1. The van der Waals surface area contributed by atoms with Gasteiger partial charge in [0.1, 0.15) is 24.3 Å². The molecular formula is C26H32N2O2. The fourth-order valence-electron chi connectivity index (χ4n) is 4.13. The van der Waals surface area contributed by atoms with Crippen molar-refractivity contribution in [2.24, 2.45) is 0 Å². The van der Waals surface area contributed by atoms with Crippen molar-refractivity contribution in [1.82, 2.24) is 9.55 Å². The van der Waals surface area contributed by atoms with Gasteiger partial charge in [-0.3, -0.25) is 0 Å². The van der Waals surface area contributed by atoms with Crippen LogP contribution in [0.2, 0.25) is 0 Å². The standard InChI is InChI=1S/C26H32N2O2/c1-26(2,3)20-13-15-22(16-14-20)30-18-21(29)17-28-24-12-8-7-11-23(24)27-25(28)19-9-5-4-6-10-19/h4-5,7-8,11-16,19,21,29H,6,9-10,17-18H2,1-3H3/t19-,21+/m1/s1. The first-order valence-electron chi connectivity index (χ1n) is 10.9. The van der Waals surface area contributed by atoms with Crippen molar-refractivity contribution in [3.05, 3.63) is 72.1 Å². The highest BCUT2D eigenvalue weighted by Crippen LogP contribution is 2.31. The van der Waals surface area contributed by atoms with Gasteiger partial charge in [-0.2, -0.15) is 0 Å². The van der Waals surface area contributed by atoms with E-state index in [4.69, 9.17) is 9.72 Å². The number of para-hydroxylation sites is 2. The summed E-state index contributed by atoms with van der Waals surface area (Å²) in [6.45, 7) is 7.33. The van der Waals surface area contributed by atoms with Gasteiger partial charge in [0.05, 0.1) is 17.6 Å². The van der Waals surface area contributed by atoms with Crippen LogP contribution in [0.1, 0.15) is 57.3 Å². The first-order chi connectivity index (χ1) is 14.4. The third-order valence-electron chi connectivity index (χ3n) is 5.87. The Bertz CT molecular complexity index is 1010. The van der Waals surface area contributed by atoms with Gasteiger partial charge >= 0.3 is 0 Å². The number of hydrogen-bond acceptors (Lipinski definition) is 3. The molecule has 158 valence electrons. The lowest BCUT2D eigenvalue weighted by Gasteiger charge is -2.21. The Morgan fingerprint density at radius 3 is 2.57 bits per heavy atom. The van der Waals surface area contributed by atoms with Crippen LogP contribution in [-0.2, 0) is 12.0 Å². The molecule has 0 aliphatic heterocycles. The van der Waals surface area contributed by atoms with E-state index in [0.717, 1.165) is 41.9 Å². The van der Waals surface area contributed by atoms with Gasteiger partial charge < -0.3 is 14.4 Å². The average Bonchev–Trinajstić information content (AvgIpc) is 3.11. The van der Waals surface area contributed by atoms with Gasteiger partial charge in [0, 0.05) is 5.92 Å². The minimum atomic E-state index is -0.609. The minimum Gasteiger partial charge on any atom is -0.491 e.